The average Bonchev–Trinajstić information content (AvgIpc) is 2.43. The summed E-state index contributed by atoms with van der Waals surface area (Å²) in [7, 11) is 0. The molecule has 0 aliphatic heterocycles. The zero-order valence-corrected chi connectivity index (χ0v) is 13.9. The molecule has 0 unspecified atom stereocenters. The van der Waals surface area contributed by atoms with Gasteiger partial charge < -0.3 is 0 Å². The van der Waals surface area contributed by atoms with Crippen molar-refractivity contribution >= 4 is 26.6 Å². The Morgan fingerprint density at radius 1 is 1.00 bits per heavy atom. The first-order valence-electron chi connectivity index (χ1n) is 6.26. The minimum absolute atomic E-state index is 0.302. The van der Waals surface area contributed by atoms with Crippen LogP contribution in [0.25, 0.3) is 0 Å². The van der Waals surface area contributed by atoms with Gasteiger partial charge in [0.2, 0.25) is 0 Å². The van der Waals surface area contributed by atoms with E-state index in [9.17, 15) is 4.79 Å². The second-order valence-corrected chi connectivity index (χ2v) is 7.72. The first kappa shape index (κ1) is 14.8. The predicted molar refractivity (Wildman–Crippen MR) is 87.5 cm³/mol. The molecule has 106 valence electrons. The zero-order valence-electron chi connectivity index (χ0n) is 11.7. The molecule has 0 spiro atoms. The summed E-state index contributed by atoms with van der Waals surface area (Å²) in [4.78, 5) is 11.3. The Bertz CT molecular complexity index is 596. The summed E-state index contributed by atoms with van der Waals surface area (Å²) >= 11 is -2.47. The van der Waals surface area contributed by atoms with E-state index in [0.717, 1.165) is 20.4 Å². The number of hydrogen-bond donors (Lipinski definition) is 0. The van der Waals surface area contributed by atoms with Crippen molar-refractivity contribution in [2.45, 2.75) is 20.8 Å². The van der Waals surface area contributed by atoms with E-state index in [2.05, 4.69) is 0 Å². The first-order valence-corrected chi connectivity index (χ1v) is 9.11. The summed E-state index contributed by atoms with van der Waals surface area (Å²) in [5.74, 6) is 0.490. The standard InChI is InChI=1S/C16H17IO3/c1-12-8-7-11-16(13(12)2)20-17(19-14(3)18)15-9-5-4-6-10-15/h4-11H,1-3H3. The summed E-state index contributed by atoms with van der Waals surface area (Å²) in [6.07, 6.45) is 0. The van der Waals surface area contributed by atoms with E-state index in [1.807, 2.05) is 62.4 Å². The second-order valence-electron chi connectivity index (χ2n) is 4.36. The predicted octanol–water partition coefficient (Wildman–Crippen LogP) is 4.45. The molecular formula is C16H17IO3. The normalized spacial score (nSPS) is 10.8. The Morgan fingerprint density at radius 2 is 1.70 bits per heavy atom. The third kappa shape index (κ3) is 3.72. The van der Waals surface area contributed by atoms with Crippen molar-refractivity contribution in [3.05, 3.63) is 63.2 Å². The monoisotopic (exact) mass is 384 g/mol. The van der Waals surface area contributed by atoms with E-state index in [-0.39, 0.29) is 5.97 Å². The maximum atomic E-state index is 11.3. The molecule has 0 amide bonds. The molecule has 2 aromatic rings. The van der Waals surface area contributed by atoms with Gasteiger partial charge in [-0.05, 0) is 0 Å². The van der Waals surface area contributed by atoms with Gasteiger partial charge in [0, 0.05) is 0 Å². The van der Waals surface area contributed by atoms with Crippen LogP contribution in [0.2, 0.25) is 0 Å². The van der Waals surface area contributed by atoms with Gasteiger partial charge in [0.15, 0.2) is 0 Å². The third-order valence-electron chi connectivity index (χ3n) is 2.80. The number of benzene rings is 2. The Morgan fingerprint density at radius 3 is 2.35 bits per heavy atom. The summed E-state index contributed by atoms with van der Waals surface area (Å²) in [5.41, 5.74) is 2.24. The number of hydrogen-bond acceptors (Lipinski definition) is 3. The van der Waals surface area contributed by atoms with Crippen molar-refractivity contribution in [2.75, 3.05) is 0 Å². The average molecular weight is 384 g/mol. The third-order valence-corrected chi connectivity index (χ3v) is 6.43. The Hall–Kier alpha value is -1.56. The Labute approximate surface area is 127 Å². The fraction of sp³-hybridized carbons (Fsp3) is 0.188. The molecule has 4 heteroatoms. The summed E-state index contributed by atoms with van der Waals surface area (Å²) in [6, 6.07) is 15.6. The van der Waals surface area contributed by atoms with Crippen molar-refractivity contribution in [1.82, 2.24) is 0 Å². The van der Waals surface area contributed by atoms with Crippen LogP contribution in [0, 0.1) is 17.4 Å². The fourth-order valence-corrected chi connectivity index (χ4v) is 4.68. The van der Waals surface area contributed by atoms with Crippen LogP contribution in [0.1, 0.15) is 18.1 Å². The van der Waals surface area contributed by atoms with Crippen molar-refractivity contribution < 1.29 is 10.9 Å². The van der Waals surface area contributed by atoms with Gasteiger partial charge in [0.25, 0.3) is 0 Å². The molecule has 20 heavy (non-hydrogen) atoms. The molecule has 0 radical (unpaired) electrons. The Balaban J connectivity index is 2.29. The van der Waals surface area contributed by atoms with Gasteiger partial charge in [-0.25, -0.2) is 0 Å². The molecule has 0 saturated heterocycles. The van der Waals surface area contributed by atoms with Crippen LogP contribution in [0.5, 0.6) is 5.75 Å². The van der Waals surface area contributed by atoms with E-state index in [1.54, 1.807) is 0 Å². The molecule has 0 bridgehead atoms. The molecular weight excluding hydrogens is 367 g/mol. The molecule has 2 aromatic carbocycles. The van der Waals surface area contributed by atoms with Crippen LogP contribution >= 0.6 is 20.6 Å². The van der Waals surface area contributed by atoms with Gasteiger partial charge in [0.05, 0.1) is 0 Å². The van der Waals surface area contributed by atoms with Crippen molar-refractivity contribution in [1.29, 1.82) is 0 Å². The van der Waals surface area contributed by atoms with Crippen LogP contribution in [-0.4, -0.2) is 5.97 Å². The van der Waals surface area contributed by atoms with Crippen LogP contribution < -0.4 is 3.07 Å². The van der Waals surface area contributed by atoms with Crippen LogP contribution in [0.4, 0.5) is 0 Å². The fourth-order valence-electron chi connectivity index (χ4n) is 1.60. The van der Waals surface area contributed by atoms with Gasteiger partial charge in [-0.15, -0.1) is 0 Å². The topological polar surface area (TPSA) is 35.5 Å². The molecule has 0 N–H and O–H groups in total. The van der Waals surface area contributed by atoms with Gasteiger partial charge in [0.1, 0.15) is 0 Å². The summed E-state index contributed by atoms with van der Waals surface area (Å²) < 4.78 is 12.4. The van der Waals surface area contributed by atoms with Gasteiger partial charge in [-0.3, -0.25) is 0 Å². The van der Waals surface area contributed by atoms with Crippen molar-refractivity contribution in [3.63, 3.8) is 0 Å². The number of rotatable bonds is 4. The van der Waals surface area contributed by atoms with Gasteiger partial charge >= 0.3 is 127 Å². The van der Waals surface area contributed by atoms with E-state index >= 15 is 0 Å². The van der Waals surface area contributed by atoms with E-state index in [1.165, 1.54) is 6.92 Å². The molecule has 3 nitrogen and oxygen atoms in total. The van der Waals surface area contributed by atoms with Crippen LogP contribution in [0.3, 0.4) is 0 Å². The van der Waals surface area contributed by atoms with E-state index < -0.39 is 20.6 Å². The quantitative estimate of drug-likeness (QED) is 0.731. The van der Waals surface area contributed by atoms with Crippen molar-refractivity contribution in [2.24, 2.45) is 0 Å². The van der Waals surface area contributed by atoms with Crippen LogP contribution in [0.15, 0.2) is 48.5 Å². The van der Waals surface area contributed by atoms with Gasteiger partial charge in [-0.2, -0.15) is 0 Å². The van der Waals surface area contributed by atoms with E-state index in [0.29, 0.717) is 0 Å². The number of aryl methyl sites for hydroxylation is 1. The molecule has 0 saturated carbocycles. The zero-order chi connectivity index (χ0) is 14.5. The molecule has 0 aliphatic rings. The van der Waals surface area contributed by atoms with Crippen LogP contribution in [-0.2, 0) is 7.86 Å². The SMILES string of the molecule is CC(=O)OI(Oc1cccc(C)c1C)c1ccccc1. The summed E-state index contributed by atoms with van der Waals surface area (Å²) in [6.45, 7) is 5.47. The second kappa shape index (κ2) is 6.74. The molecule has 0 aliphatic carbocycles. The summed E-state index contributed by atoms with van der Waals surface area (Å²) in [5, 5.41) is 0. The number of halogens is 1. The number of carbonyl (C=O) groups excluding carboxylic acids is 1. The Kier molecular flexibility index (Phi) is 5.00. The maximum absolute atomic E-state index is 11.3. The number of carbonyl (C=O) groups is 1. The molecule has 0 fully saturated rings. The molecule has 2 rings (SSSR count). The minimum atomic E-state index is -2.47. The van der Waals surface area contributed by atoms with Crippen molar-refractivity contribution in [3.8, 4) is 5.75 Å². The first-order chi connectivity index (χ1) is 9.58. The van der Waals surface area contributed by atoms with Gasteiger partial charge in [-0.1, -0.05) is 0 Å². The molecule has 0 atom stereocenters. The molecule has 0 heterocycles. The van der Waals surface area contributed by atoms with E-state index in [4.69, 9.17) is 6.13 Å². The molecule has 0 aromatic heterocycles.